The summed E-state index contributed by atoms with van der Waals surface area (Å²) in [6.45, 7) is 5.26. The van der Waals surface area contributed by atoms with Gasteiger partial charge < -0.3 is 10.1 Å². The highest BCUT2D eigenvalue weighted by Gasteiger charge is 2.35. The molecule has 0 aromatic heterocycles. The average Bonchev–Trinajstić information content (AvgIpc) is 2.57. The molecule has 1 aliphatic carbocycles. The van der Waals surface area contributed by atoms with E-state index in [1.165, 1.54) is 6.92 Å². The molecular weight excluding hydrogens is 304 g/mol. The zero-order valence-corrected chi connectivity index (χ0v) is 14.5. The summed E-state index contributed by atoms with van der Waals surface area (Å²) in [7, 11) is 0. The lowest BCUT2D eigenvalue weighted by Crippen LogP contribution is -2.52. The largest absolute Gasteiger partial charge is 0.449 e. The van der Waals surface area contributed by atoms with Crippen LogP contribution >= 0.6 is 0 Å². The third-order valence-electron chi connectivity index (χ3n) is 4.55. The van der Waals surface area contributed by atoms with Crippen molar-refractivity contribution in [3.8, 4) is 6.07 Å². The van der Waals surface area contributed by atoms with Gasteiger partial charge in [-0.1, -0.05) is 37.0 Å². The predicted molar refractivity (Wildman–Crippen MR) is 90.4 cm³/mol. The number of hydrogen-bond acceptors (Lipinski definition) is 4. The number of nitriles is 1. The number of amides is 1. The fourth-order valence-corrected chi connectivity index (χ4v) is 2.99. The first-order chi connectivity index (χ1) is 11.4. The van der Waals surface area contributed by atoms with Crippen LogP contribution in [0.1, 0.15) is 60.5 Å². The predicted octanol–water partition coefficient (Wildman–Crippen LogP) is 3.19. The van der Waals surface area contributed by atoms with Crippen LogP contribution < -0.4 is 5.32 Å². The fourth-order valence-electron chi connectivity index (χ4n) is 2.99. The zero-order valence-electron chi connectivity index (χ0n) is 14.5. The van der Waals surface area contributed by atoms with Crippen LogP contribution in [-0.4, -0.2) is 23.5 Å². The highest BCUT2D eigenvalue weighted by atomic mass is 16.5. The summed E-state index contributed by atoms with van der Waals surface area (Å²) >= 11 is 0. The van der Waals surface area contributed by atoms with Crippen LogP contribution in [0.15, 0.2) is 18.2 Å². The fraction of sp³-hybridized carbons (Fsp3) is 0.526. The van der Waals surface area contributed by atoms with Gasteiger partial charge in [0.2, 0.25) is 0 Å². The number of esters is 1. The molecule has 5 nitrogen and oxygen atoms in total. The number of nitrogens with one attached hydrogen (secondary N) is 1. The number of ether oxygens (including phenoxy) is 1. The molecular formula is C19H24N2O3. The van der Waals surface area contributed by atoms with Gasteiger partial charge in [-0.2, -0.15) is 5.26 Å². The Morgan fingerprint density at radius 1 is 1.25 bits per heavy atom. The van der Waals surface area contributed by atoms with E-state index in [2.05, 4.69) is 11.4 Å². The van der Waals surface area contributed by atoms with Crippen LogP contribution in [0.25, 0.3) is 0 Å². The van der Waals surface area contributed by atoms with Gasteiger partial charge in [-0.25, -0.2) is 4.79 Å². The van der Waals surface area contributed by atoms with E-state index in [0.717, 1.165) is 30.4 Å². The van der Waals surface area contributed by atoms with Crippen molar-refractivity contribution in [2.45, 2.75) is 64.5 Å². The minimum Gasteiger partial charge on any atom is -0.449 e. The maximum Gasteiger partial charge on any atom is 0.339 e. The first kappa shape index (κ1) is 18.0. The van der Waals surface area contributed by atoms with Gasteiger partial charge in [0.1, 0.15) is 5.54 Å². The monoisotopic (exact) mass is 328 g/mol. The van der Waals surface area contributed by atoms with Crippen molar-refractivity contribution in [1.82, 2.24) is 5.32 Å². The van der Waals surface area contributed by atoms with E-state index in [-0.39, 0.29) is 0 Å². The second kappa shape index (κ2) is 7.48. The number of aryl methyl sites for hydroxylation is 2. The minimum atomic E-state index is -0.940. The molecule has 0 spiro atoms. The van der Waals surface area contributed by atoms with E-state index in [4.69, 9.17) is 4.74 Å². The number of nitrogens with zero attached hydrogens (tertiary/aromatic N) is 1. The number of carbonyl (C=O) groups excluding carboxylic acids is 2. The van der Waals surface area contributed by atoms with Gasteiger partial charge in [0, 0.05) is 0 Å². The van der Waals surface area contributed by atoms with Gasteiger partial charge in [-0.3, -0.25) is 4.79 Å². The molecule has 0 bridgehead atoms. The average molecular weight is 328 g/mol. The Morgan fingerprint density at radius 2 is 1.92 bits per heavy atom. The summed E-state index contributed by atoms with van der Waals surface area (Å²) in [6, 6.07) is 7.75. The third kappa shape index (κ3) is 4.14. The van der Waals surface area contributed by atoms with E-state index in [1.54, 1.807) is 6.07 Å². The standard InChI is InChI=1S/C19H24N2O3/c1-13-7-8-14(2)16(11-13)18(23)24-15(3)17(22)21-19(12-20)9-5-4-6-10-19/h7-8,11,15H,4-6,9-10H2,1-3H3,(H,21,22). The molecule has 1 amide bonds. The lowest BCUT2D eigenvalue weighted by molar-refractivity contribution is -0.130. The van der Waals surface area contributed by atoms with Gasteiger partial charge in [-0.15, -0.1) is 0 Å². The van der Waals surface area contributed by atoms with Crippen LogP contribution in [0.3, 0.4) is 0 Å². The molecule has 1 unspecified atom stereocenters. The Kier molecular flexibility index (Phi) is 5.61. The summed E-state index contributed by atoms with van der Waals surface area (Å²) < 4.78 is 5.30. The highest BCUT2D eigenvalue weighted by Crippen LogP contribution is 2.27. The third-order valence-corrected chi connectivity index (χ3v) is 4.55. The summed E-state index contributed by atoms with van der Waals surface area (Å²) in [5.41, 5.74) is 1.39. The van der Waals surface area contributed by atoms with Gasteiger partial charge in [0.05, 0.1) is 11.6 Å². The van der Waals surface area contributed by atoms with Crippen molar-refractivity contribution in [2.24, 2.45) is 0 Å². The van der Waals surface area contributed by atoms with Crippen LogP contribution in [0, 0.1) is 25.2 Å². The first-order valence-electron chi connectivity index (χ1n) is 8.38. The van der Waals surface area contributed by atoms with Crippen LogP contribution in [0.4, 0.5) is 0 Å². The summed E-state index contributed by atoms with van der Waals surface area (Å²) in [6.07, 6.45) is 3.27. The van der Waals surface area contributed by atoms with E-state index < -0.39 is 23.5 Å². The minimum absolute atomic E-state index is 0.419. The second-order valence-electron chi connectivity index (χ2n) is 6.61. The SMILES string of the molecule is Cc1ccc(C)c(C(=O)OC(C)C(=O)NC2(C#N)CCCCC2)c1. The zero-order chi connectivity index (χ0) is 17.7. The molecule has 1 atom stereocenters. The summed E-state index contributed by atoms with van der Waals surface area (Å²) in [5.74, 6) is -0.939. The van der Waals surface area contributed by atoms with E-state index in [0.29, 0.717) is 18.4 Å². The molecule has 5 heteroatoms. The lowest BCUT2D eigenvalue weighted by atomic mass is 9.83. The van der Waals surface area contributed by atoms with E-state index in [1.807, 2.05) is 26.0 Å². The molecule has 1 aromatic rings. The van der Waals surface area contributed by atoms with Gasteiger partial charge in [0.25, 0.3) is 5.91 Å². The number of benzene rings is 1. The van der Waals surface area contributed by atoms with Gasteiger partial charge in [-0.05, 0) is 45.2 Å². The molecule has 24 heavy (non-hydrogen) atoms. The Hall–Kier alpha value is -2.35. The van der Waals surface area contributed by atoms with Crippen LogP contribution in [0.2, 0.25) is 0 Å². The number of carbonyl (C=O) groups is 2. The van der Waals surface area contributed by atoms with E-state index in [9.17, 15) is 14.9 Å². The number of hydrogen-bond donors (Lipinski definition) is 1. The van der Waals surface area contributed by atoms with Crippen molar-refractivity contribution in [1.29, 1.82) is 5.26 Å². The van der Waals surface area contributed by atoms with Crippen molar-refractivity contribution in [2.75, 3.05) is 0 Å². The van der Waals surface area contributed by atoms with Crippen molar-refractivity contribution < 1.29 is 14.3 Å². The molecule has 1 aromatic carbocycles. The van der Waals surface area contributed by atoms with Crippen LogP contribution in [0.5, 0.6) is 0 Å². The Balaban J connectivity index is 2.02. The first-order valence-corrected chi connectivity index (χ1v) is 8.38. The van der Waals surface area contributed by atoms with Crippen LogP contribution in [-0.2, 0) is 9.53 Å². The quantitative estimate of drug-likeness (QED) is 0.861. The molecule has 2 rings (SSSR count). The smallest absolute Gasteiger partial charge is 0.339 e. The second-order valence-corrected chi connectivity index (χ2v) is 6.61. The van der Waals surface area contributed by atoms with Gasteiger partial charge in [0.15, 0.2) is 6.10 Å². The molecule has 128 valence electrons. The topological polar surface area (TPSA) is 79.2 Å². The van der Waals surface area contributed by atoms with Gasteiger partial charge >= 0.3 is 5.97 Å². The molecule has 1 N–H and O–H groups in total. The Bertz CT molecular complexity index is 670. The molecule has 0 aliphatic heterocycles. The lowest BCUT2D eigenvalue weighted by Gasteiger charge is -2.32. The number of rotatable bonds is 4. The maximum atomic E-state index is 12.4. The molecule has 0 heterocycles. The molecule has 1 fully saturated rings. The molecule has 0 radical (unpaired) electrons. The van der Waals surface area contributed by atoms with Crippen molar-refractivity contribution in [3.63, 3.8) is 0 Å². The summed E-state index contributed by atoms with van der Waals surface area (Å²) in [4.78, 5) is 24.7. The molecule has 0 saturated heterocycles. The van der Waals surface area contributed by atoms with E-state index >= 15 is 0 Å². The maximum absolute atomic E-state index is 12.4. The highest BCUT2D eigenvalue weighted by molar-refractivity contribution is 5.93. The van der Waals surface area contributed by atoms with Crippen molar-refractivity contribution >= 4 is 11.9 Å². The molecule has 1 aliphatic rings. The Morgan fingerprint density at radius 3 is 2.54 bits per heavy atom. The Labute approximate surface area is 143 Å². The molecule has 1 saturated carbocycles. The normalized spacial score (nSPS) is 17.4. The summed E-state index contributed by atoms with van der Waals surface area (Å²) in [5, 5.41) is 12.2. The van der Waals surface area contributed by atoms with Crippen molar-refractivity contribution in [3.05, 3.63) is 34.9 Å².